The molecule has 0 amide bonds. The highest BCUT2D eigenvalue weighted by molar-refractivity contribution is 7.89. The van der Waals surface area contributed by atoms with E-state index < -0.39 is 22.0 Å². The van der Waals surface area contributed by atoms with Crippen molar-refractivity contribution < 1.29 is 23.1 Å². The van der Waals surface area contributed by atoms with E-state index in [9.17, 15) is 13.2 Å². The average molecular weight is 301 g/mol. The minimum absolute atomic E-state index is 0.0261. The van der Waals surface area contributed by atoms with Crippen LogP contribution in [-0.2, 0) is 14.8 Å². The van der Waals surface area contributed by atoms with Gasteiger partial charge in [0.1, 0.15) is 11.8 Å². The summed E-state index contributed by atoms with van der Waals surface area (Å²) < 4.78 is 31.6. The number of carboxylic acid groups (broad SMARTS) is 1. The molecule has 7 heteroatoms. The predicted octanol–water partition coefficient (Wildman–Crippen LogP) is 1.54. The summed E-state index contributed by atoms with van der Waals surface area (Å²) in [5.74, 6) is -0.604. The molecule has 0 aromatic heterocycles. The lowest BCUT2D eigenvalue weighted by molar-refractivity contribution is -0.139. The van der Waals surface area contributed by atoms with Gasteiger partial charge in [0.05, 0.1) is 12.0 Å². The molecule has 1 atom stereocenters. The number of sulfonamides is 1. The van der Waals surface area contributed by atoms with Crippen LogP contribution in [-0.4, -0.2) is 32.6 Å². The fourth-order valence-electron chi connectivity index (χ4n) is 1.79. The molecule has 2 N–H and O–H groups in total. The van der Waals surface area contributed by atoms with Gasteiger partial charge in [0.15, 0.2) is 0 Å². The summed E-state index contributed by atoms with van der Waals surface area (Å²) >= 11 is 0. The number of methoxy groups -OCH3 is 1. The van der Waals surface area contributed by atoms with Gasteiger partial charge in [0, 0.05) is 0 Å². The first-order valence-corrected chi connectivity index (χ1v) is 7.70. The predicted molar refractivity (Wildman–Crippen MR) is 74.4 cm³/mol. The third kappa shape index (κ3) is 3.94. The third-order valence-electron chi connectivity index (χ3n) is 2.85. The van der Waals surface area contributed by atoms with E-state index in [2.05, 4.69) is 4.72 Å². The Morgan fingerprint density at radius 3 is 2.55 bits per heavy atom. The molecule has 0 aliphatic rings. The van der Waals surface area contributed by atoms with Crippen LogP contribution in [0.15, 0.2) is 23.1 Å². The molecule has 6 nitrogen and oxygen atoms in total. The van der Waals surface area contributed by atoms with Crippen LogP contribution in [0.25, 0.3) is 0 Å². The molecule has 1 aromatic rings. The minimum atomic E-state index is -3.86. The van der Waals surface area contributed by atoms with Crippen molar-refractivity contribution in [3.05, 3.63) is 23.8 Å². The van der Waals surface area contributed by atoms with Crippen molar-refractivity contribution in [3.63, 3.8) is 0 Å². The first-order valence-electron chi connectivity index (χ1n) is 6.21. The van der Waals surface area contributed by atoms with E-state index in [-0.39, 0.29) is 11.3 Å². The Morgan fingerprint density at radius 1 is 1.45 bits per heavy atom. The van der Waals surface area contributed by atoms with Gasteiger partial charge in [-0.3, -0.25) is 4.79 Å². The maximum absolute atomic E-state index is 12.2. The van der Waals surface area contributed by atoms with Gasteiger partial charge in [-0.15, -0.1) is 0 Å². The quantitative estimate of drug-likeness (QED) is 0.797. The molecule has 0 spiro atoms. The summed E-state index contributed by atoms with van der Waals surface area (Å²) in [5, 5.41) is 9.00. The van der Waals surface area contributed by atoms with Gasteiger partial charge >= 0.3 is 5.97 Å². The lowest BCUT2D eigenvalue weighted by atomic mass is 10.2. The van der Waals surface area contributed by atoms with E-state index in [0.29, 0.717) is 17.7 Å². The highest BCUT2D eigenvalue weighted by atomic mass is 32.2. The summed E-state index contributed by atoms with van der Waals surface area (Å²) in [5.41, 5.74) is 0.665. The molecule has 0 aliphatic carbocycles. The van der Waals surface area contributed by atoms with Crippen LogP contribution < -0.4 is 9.46 Å². The second-order valence-corrected chi connectivity index (χ2v) is 6.15. The second-order valence-electron chi connectivity index (χ2n) is 4.43. The van der Waals surface area contributed by atoms with E-state index in [1.807, 2.05) is 0 Å². The molecule has 20 heavy (non-hydrogen) atoms. The van der Waals surface area contributed by atoms with E-state index >= 15 is 0 Å². The van der Waals surface area contributed by atoms with Crippen LogP contribution in [0.4, 0.5) is 0 Å². The first kappa shape index (κ1) is 16.5. The van der Waals surface area contributed by atoms with Crippen molar-refractivity contribution in [2.75, 3.05) is 7.11 Å². The maximum atomic E-state index is 12.2. The highest BCUT2D eigenvalue weighted by Gasteiger charge is 2.24. The van der Waals surface area contributed by atoms with Crippen LogP contribution in [0, 0.1) is 6.92 Å². The summed E-state index contributed by atoms with van der Waals surface area (Å²) in [7, 11) is -2.36. The largest absolute Gasteiger partial charge is 0.496 e. The van der Waals surface area contributed by atoms with Gasteiger partial charge in [0.25, 0.3) is 0 Å². The van der Waals surface area contributed by atoms with Gasteiger partial charge < -0.3 is 9.84 Å². The van der Waals surface area contributed by atoms with Gasteiger partial charge in [-0.05, 0) is 37.1 Å². The Hall–Kier alpha value is -1.60. The van der Waals surface area contributed by atoms with Crippen LogP contribution in [0.5, 0.6) is 5.75 Å². The van der Waals surface area contributed by atoms with Gasteiger partial charge in [-0.2, -0.15) is 4.72 Å². The number of nitrogens with one attached hydrogen (secondary N) is 1. The molecule has 1 unspecified atom stereocenters. The average Bonchev–Trinajstić information content (AvgIpc) is 2.37. The number of carbonyl (C=O) groups is 1. The van der Waals surface area contributed by atoms with Crippen LogP contribution in [0.2, 0.25) is 0 Å². The Kier molecular flexibility index (Phi) is 5.52. The topological polar surface area (TPSA) is 92.7 Å². The van der Waals surface area contributed by atoms with Crippen LogP contribution in [0.3, 0.4) is 0 Å². The number of benzene rings is 1. The number of rotatable bonds is 7. The molecular weight excluding hydrogens is 282 g/mol. The number of ether oxygens (including phenoxy) is 1. The van der Waals surface area contributed by atoms with E-state index in [1.165, 1.54) is 19.2 Å². The fourth-order valence-corrected chi connectivity index (χ4v) is 3.10. The van der Waals surface area contributed by atoms with E-state index in [1.54, 1.807) is 19.9 Å². The van der Waals surface area contributed by atoms with Crippen LogP contribution >= 0.6 is 0 Å². The molecular formula is C13H19NO5S. The number of carboxylic acids is 1. The zero-order valence-electron chi connectivity index (χ0n) is 11.7. The third-order valence-corrected chi connectivity index (χ3v) is 4.32. The molecule has 1 rings (SSSR count). The lowest BCUT2D eigenvalue weighted by Crippen LogP contribution is -2.40. The molecule has 0 fully saturated rings. The maximum Gasteiger partial charge on any atom is 0.321 e. The van der Waals surface area contributed by atoms with Crippen molar-refractivity contribution in [2.45, 2.75) is 37.6 Å². The zero-order valence-corrected chi connectivity index (χ0v) is 12.5. The monoisotopic (exact) mass is 301 g/mol. The van der Waals surface area contributed by atoms with Gasteiger partial charge in [0.2, 0.25) is 10.0 Å². The highest BCUT2D eigenvalue weighted by Crippen LogP contribution is 2.21. The number of hydrogen-bond donors (Lipinski definition) is 2. The molecule has 0 saturated carbocycles. The van der Waals surface area contributed by atoms with E-state index in [4.69, 9.17) is 9.84 Å². The van der Waals surface area contributed by atoms with Gasteiger partial charge in [-0.25, -0.2) is 8.42 Å². The lowest BCUT2D eigenvalue weighted by Gasteiger charge is -2.14. The Morgan fingerprint density at radius 2 is 2.10 bits per heavy atom. The van der Waals surface area contributed by atoms with Crippen molar-refractivity contribution >= 4 is 16.0 Å². The molecule has 0 aliphatic heterocycles. The Labute approximate surface area is 118 Å². The number of aryl methyl sites for hydroxylation is 1. The van der Waals surface area contributed by atoms with Crippen molar-refractivity contribution in [2.24, 2.45) is 0 Å². The SMILES string of the molecule is CCCC(NS(=O)(=O)c1ccc(OC)c(C)c1)C(=O)O. The number of hydrogen-bond acceptors (Lipinski definition) is 4. The van der Waals surface area contributed by atoms with Crippen molar-refractivity contribution in [1.82, 2.24) is 4.72 Å². The fraction of sp³-hybridized carbons (Fsp3) is 0.462. The minimum Gasteiger partial charge on any atom is -0.496 e. The number of aliphatic carboxylic acids is 1. The van der Waals surface area contributed by atoms with Crippen molar-refractivity contribution in [1.29, 1.82) is 0 Å². The Balaban J connectivity index is 3.04. The second kappa shape index (κ2) is 6.71. The smallest absolute Gasteiger partial charge is 0.321 e. The first-order chi connectivity index (χ1) is 9.31. The summed E-state index contributed by atoms with van der Waals surface area (Å²) in [4.78, 5) is 11.0. The molecule has 0 bridgehead atoms. The molecule has 0 saturated heterocycles. The zero-order chi connectivity index (χ0) is 15.3. The summed E-state index contributed by atoms with van der Waals surface area (Å²) in [6, 6.07) is 3.26. The van der Waals surface area contributed by atoms with Crippen LogP contribution in [0.1, 0.15) is 25.3 Å². The van der Waals surface area contributed by atoms with Gasteiger partial charge in [-0.1, -0.05) is 13.3 Å². The summed E-state index contributed by atoms with van der Waals surface area (Å²) in [6.07, 6.45) is 0.810. The normalized spacial score (nSPS) is 12.9. The standard InChI is InChI=1S/C13H19NO5S/c1-4-5-11(13(15)16)14-20(17,18)10-6-7-12(19-3)9(2)8-10/h6-8,11,14H,4-5H2,1-3H3,(H,15,16). The van der Waals surface area contributed by atoms with Crippen molar-refractivity contribution in [3.8, 4) is 5.75 Å². The molecule has 1 aromatic carbocycles. The summed E-state index contributed by atoms with van der Waals surface area (Å²) in [6.45, 7) is 3.51. The molecule has 0 heterocycles. The van der Waals surface area contributed by atoms with E-state index in [0.717, 1.165) is 0 Å². The Bertz CT molecular complexity index is 582. The molecule has 0 radical (unpaired) electrons. The molecule has 112 valence electrons.